The Morgan fingerprint density at radius 3 is 2.92 bits per heavy atom. The highest BCUT2D eigenvalue weighted by Crippen LogP contribution is 2.08. The Balaban J connectivity index is 1.99. The molecule has 2 heteroatoms. The summed E-state index contributed by atoms with van der Waals surface area (Å²) in [6, 6.07) is 10.6. The van der Waals surface area contributed by atoms with Crippen molar-refractivity contribution in [2.45, 2.75) is 12.5 Å². The van der Waals surface area contributed by atoms with Crippen LogP contribution in [0.5, 0.6) is 0 Å². The van der Waals surface area contributed by atoms with E-state index in [0.717, 1.165) is 6.42 Å². The normalized spacial score (nSPS) is 20.8. The van der Waals surface area contributed by atoms with Crippen molar-refractivity contribution in [3.05, 3.63) is 35.9 Å². The largest absolute Gasteiger partial charge is 0.472 e. The molecular formula is C10H10NO. The van der Waals surface area contributed by atoms with Gasteiger partial charge in [-0.2, -0.15) is 0 Å². The molecule has 2 nitrogen and oxygen atoms in total. The van der Waals surface area contributed by atoms with Gasteiger partial charge in [-0.15, -0.1) is 0 Å². The number of hydrogen-bond donors (Lipinski definition) is 0. The monoisotopic (exact) mass is 160 g/mol. The average molecular weight is 160 g/mol. The molecule has 2 rings (SSSR count). The topological polar surface area (TPSA) is 21.6 Å². The molecule has 0 aromatic heterocycles. The zero-order chi connectivity index (χ0) is 8.23. The predicted octanol–water partition coefficient (Wildman–Crippen LogP) is 1.53. The third kappa shape index (κ3) is 1.64. The lowest BCUT2D eigenvalue weighted by atomic mass is 10.1. The first-order valence-corrected chi connectivity index (χ1v) is 4.06. The lowest BCUT2D eigenvalue weighted by Gasteiger charge is -2.03. The maximum atomic E-state index is 4.91. The molecule has 12 heavy (non-hydrogen) atoms. The molecular weight excluding hydrogens is 150 g/mol. The van der Waals surface area contributed by atoms with E-state index < -0.39 is 0 Å². The van der Waals surface area contributed by atoms with Crippen molar-refractivity contribution in [1.29, 1.82) is 0 Å². The van der Waals surface area contributed by atoms with E-state index in [2.05, 4.69) is 23.5 Å². The molecule has 1 radical (unpaired) electrons. The molecule has 1 aliphatic rings. The minimum atomic E-state index is 0.271. The maximum Gasteiger partial charge on any atom is 0.273 e. The van der Waals surface area contributed by atoms with E-state index in [1.54, 1.807) is 0 Å². The quantitative estimate of drug-likeness (QED) is 0.643. The van der Waals surface area contributed by atoms with Crippen molar-refractivity contribution >= 4 is 6.40 Å². The fraction of sp³-hybridized carbons (Fsp3) is 0.300. The maximum absolute atomic E-state index is 4.91. The van der Waals surface area contributed by atoms with Crippen LogP contribution in [0.3, 0.4) is 0 Å². The zero-order valence-corrected chi connectivity index (χ0v) is 6.73. The highest BCUT2D eigenvalue weighted by atomic mass is 16.5. The van der Waals surface area contributed by atoms with E-state index in [0.29, 0.717) is 6.61 Å². The van der Waals surface area contributed by atoms with Gasteiger partial charge in [-0.25, -0.2) is 4.99 Å². The Morgan fingerprint density at radius 2 is 2.25 bits per heavy atom. The van der Waals surface area contributed by atoms with Crippen molar-refractivity contribution < 1.29 is 4.74 Å². The van der Waals surface area contributed by atoms with Crippen molar-refractivity contribution in [2.24, 2.45) is 4.99 Å². The van der Waals surface area contributed by atoms with E-state index in [9.17, 15) is 0 Å². The Labute approximate surface area is 71.9 Å². The SMILES string of the molecule is [C]1=N[C@@H](Cc2ccccc2)CO1. The summed E-state index contributed by atoms with van der Waals surface area (Å²) in [4.78, 5) is 4.06. The van der Waals surface area contributed by atoms with Gasteiger partial charge >= 0.3 is 0 Å². The first-order valence-electron chi connectivity index (χ1n) is 4.06. The molecule has 0 N–H and O–H groups in total. The third-order valence-corrected chi connectivity index (χ3v) is 1.89. The number of benzene rings is 1. The van der Waals surface area contributed by atoms with Crippen LogP contribution in [0, 0.1) is 0 Å². The van der Waals surface area contributed by atoms with Gasteiger partial charge in [-0.1, -0.05) is 30.3 Å². The lowest BCUT2D eigenvalue weighted by Crippen LogP contribution is -2.09. The summed E-state index contributed by atoms with van der Waals surface area (Å²) in [6.07, 6.45) is 3.47. The Hall–Kier alpha value is -1.31. The summed E-state index contributed by atoms with van der Waals surface area (Å²) < 4.78 is 4.91. The molecule has 1 aromatic rings. The van der Waals surface area contributed by atoms with Crippen LogP contribution >= 0.6 is 0 Å². The zero-order valence-electron chi connectivity index (χ0n) is 6.73. The Morgan fingerprint density at radius 1 is 1.42 bits per heavy atom. The molecule has 1 aliphatic heterocycles. The van der Waals surface area contributed by atoms with E-state index in [4.69, 9.17) is 4.74 Å². The molecule has 0 saturated heterocycles. The van der Waals surface area contributed by atoms with E-state index in [1.165, 1.54) is 5.56 Å². The summed E-state index contributed by atoms with van der Waals surface area (Å²) in [6.45, 7) is 0.675. The first-order chi connectivity index (χ1) is 5.95. The van der Waals surface area contributed by atoms with E-state index >= 15 is 0 Å². The van der Waals surface area contributed by atoms with Crippen LogP contribution in [0.15, 0.2) is 35.3 Å². The van der Waals surface area contributed by atoms with Gasteiger partial charge in [0, 0.05) is 0 Å². The van der Waals surface area contributed by atoms with Crippen molar-refractivity contribution in [1.82, 2.24) is 0 Å². The number of ether oxygens (including phenoxy) is 1. The molecule has 1 heterocycles. The van der Waals surface area contributed by atoms with Crippen LogP contribution in [0.4, 0.5) is 0 Å². The van der Waals surface area contributed by atoms with Gasteiger partial charge in [0.2, 0.25) is 0 Å². The molecule has 61 valence electrons. The van der Waals surface area contributed by atoms with Gasteiger partial charge < -0.3 is 4.74 Å². The summed E-state index contributed by atoms with van der Waals surface area (Å²) in [5, 5.41) is 0. The van der Waals surface area contributed by atoms with Gasteiger partial charge in [0.05, 0.1) is 6.04 Å². The Bertz CT molecular complexity index is 268. The molecule has 0 saturated carbocycles. The van der Waals surface area contributed by atoms with Crippen LogP contribution in [0.25, 0.3) is 0 Å². The second kappa shape index (κ2) is 3.39. The second-order valence-electron chi connectivity index (χ2n) is 2.87. The van der Waals surface area contributed by atoms with Crippen molar-refractivity contribution in [3.8, 4) is 0 Å². The molecule has 0 fully saturated rings. The van der Waals surface area contributed by atoms with E-state index in [-0.39, 0.29) is 6.04 Å². The van der Waals surface area contributed by atoms with Crippen molar-refractivity contribution in [3.63, 3.8) is 0 Å². The molecule has 0 unspecified atom stereocenters. The molecule has 0 bridgehead atoms. The first kappa shape index (κ1) is 7.35. The number of nitrogens with zero attached hydrogens (tertiary/aromatic N) is 1. The number of aliphatic imine (C=N–C) groups is 1. The number of rotatable bonds is 2. The average Bonchev–Trinajstić information content (AvgIpc) is 2.59. The van der Waals surface area contributed by atoms with Crippen LogP contribution in [0.1, 0.15) is 5.56 Å². The fourth-order valence-corrected chi connectivity index (χ4v) is 1.27. The molecule has 0 spiro atoms. The van der Waals surface area contributed by atoms with Crippen LogP contribution in [0.2, 0.25) is 0 Å². The van der Waals surface area contributed by atoms with Gasteiger partial charge in [-0.05, 0) is 12.0 Å². The van der Waals surface area contributed by atoms with E-state index in [1.807, 2.05) is 18.2 Å². The Kier molecular flexibility index (Phi) is 2.08. The van der Waals surface area contributed by atoms with Gasteiger partial charge in [0.1, 0.15) is 6.61 Å². The van der Waals surface area contributed by atoms with Crippen LogP contribution in [-0.2, 0) is 11.2 Å². The van der Waals surface area contributed by atoms with Gasteiger partial charge in [-0.3, -0.25) is 0 Å². The smallest absolute Gasteiger partial charge is 0.273 e. The van der Waals surface area contributed by atoms with Gasteiger partial charge in [0.15, 0.2) is 0 Å². The van der Waals surface area contributed by atoms with Crippen molar-refractivity contribution in [2.75, 3.05) is 6.61 Å². The standard InChI is InChI=1S/C10H10NO/c1-2-4-9(5-3-1)6-10-7-12-8-11-10/h1-5,10H,6-7H2/t10-/m0/s1. The third-order valence-electron chi connectivity index (χ3n) is 1.89. The molecule has 0 aliphatic carbocycles. The predicted molar refractivity (Wildman–Crippen MR) is 47.3 cm³/mol. The van der Waals surface area contributed by atoms with Crippen LogP contribution in [-0.4, -0.2) is 19.0 Å². The summed E-state index contributed by atoms with van der Waals surface area (Å²) >= 11 is 0. The highest BCUT2D eigenvalue weighted by Gasteiger charge is 2.12. The minimum Gasteiger partial charge on any atom is -0.472 e. The number of hydrogen-bond acceptors (Lipinski definition) is 2. The fourth-order valence-electron chi connectivity index (χ4n) is 1.27. The summed E-state index contributed by atoms with van der Waals surface area (Å²) in [5.41, 5.74) is 1.30. The molecule has 1 aromatic carbocycles. The van der Waals surface area contributed by atoms with Gasteiger partial charge in [0.25, 0.3) is 6.40 Å². The van der Waals surface area contributed by atoms with Crippen LogP contribution < -0.4 is 0 Å². The summed E-state index contributed by atoms with van der Waals surface area (Å²) in [7, 11) is 0. The highest BCUT2D eigenvalue weighted by molar-refractivity contribution is 5.49. The molecule has 0 amide bonds. The lowest BCUT2D eigenvalue weighted by molar-refractivity contribution is 0.327. The second-order valence-corrected chi connectivity index (χ2v) is 2.87. The minimum absolute atomic E-state index is 0.271. The summed E-state index contributed by atoms with van der Waals surface area (Å²) in [5.74, 6) is 0. The molecule has 1 atom stereocenters.